The van der Waals surface area contributed by atoms with Crippen molar-refractivity contribution in [2.24, 2.45) is 5.73 Å². The van der Waals surface area contributed by atoms with Crippen LogP contribution in [0.5, 0.6) is 0 Å². The summed E-state index contributed by atoms with van der Waals surface area (Å²) in [5.74, 6) is 0.746. The zero-order valence-electron chi connectivity index (χ0n) is 8.24. The first-order chi connectivity index (χ1) is 7.16. The van der Waals surface area contributed by atoms with Crippen LogP contribution in [-0.2, 0) is 0 Å². The van der Waals surface area contributed by atoms with Gasteiger partial charge in [-0.1, -0.05) is 12.1 Å². The van der Waals surface area contributed by atoms with Crippen LogP contribution in [0.4, 0.5) is 4.39 Å². The third-order valence-electron chi connectivity index (χ3n) is 2.02. The average Bonchev–Trinajstić information content (AvgIpc) is 2.66. The molecule has 4 nitrogen and oxygen atoms in total. The summed E-state index contributed by atoms with van der Waals surface area (Å²) in [6.07, 6.45) is 0. The first kappa shape index (κ1) is 9.79. The predicted octanol–water partition coefficient (Wildman–Crippen LogP) is 1.63. The summed E-state index contributed by atoms with van der Waals surface area (Å²) in [7, 11) is 0. The van der Waals surface area contributed by atoms with Gasteiger partial charge in [0.25, 0.3) is 0 Å². The van der Waals surface area contributed by atoms with Gasteiger partial charge >= 0.3 is 0 Å². The summed E-state index contributed by atoms with van der Waals surface area (Å²) in [6, 6.07) is 5.92. The van der Waals surface area contributed by atoms with Crippen LogP contribution in [0.1, 0.15) is 18.8 Å². The number of rotatable bonds is 2. The predicted molar refractivity (Wildman–Crippen MR) is 54.4 cm³/mol. The van der Waals surface area contributed by atoms with Gasteiger partial charge in [-0.15, -0.1) is 0 Å². The molecule has 78 valence electrons. The molecule has 1 heterocycles. The van der Waals surface area contributed by atoms with Crippen molar-refractivity contribution in [1.29, 1.82) is 0 Å². The third-order valence-corrected chi connectivity index (χ3v) is 2.02. The maximum atomic E-state index is 12.9. The van der Waals surface area contributed by atoms with Crippen LogP contribution < -0.4 is 5.73 Å². The highest BCUT2D eigenvalue weighted by Gasteiger charge is 2.08. The molecule has 2 aromatic rings. The minimum Gasteiger partial charge on any atom is -0.322 e. The lowest BCUT2D eigenvalue weighted by Gasteiger charge is -1.96. The Morgan fingerprint density at radius 1 is 1.47 bits per heavy atom. The van der Waals surface area contributed by atoms with E-state index in [4.69, 9.17) is 5.73 Å². The highest BCUT2D eigenvalue weighted by atomic mass is 19.1. The van der Waals surface area contributed by atoms with Crippen molar-refractivity contribution in [2.45, 2.75) is 13.0 Å². The largest absolute Gasteiger partial charge is 0.322 e. The minimum atomic E-state index is -0.306. The van der Waals surface area contributed by atoms with Gasteiger partial charge in [0, 0.05) is 5.56 Å². The van der Waals surface area contributed by atoms with E-state index in [-0.39, 0.29) is 11.9 Å². The summed E-state index contributed by atoms with van der Waals surface area (Å²) in [5, 5.41) is 6.68. The summed E-state index contributed by atoms with van der Waals surface area (Å²) in [4.78, 5) is 4.16. The summed E-state index contributed by atoms with van der Waals surface area (Å²) >= 11 is 0. The molecule has 1 atom stereocenters. The van der Waals surface area contributed by atoms with Gasteiger partial charge in [-0.2, -0.15) is 5.10 Å². The molecule has 0 radical (unpaired) electrons. The quantitative estimate of drug-likeness (QED) is 0.784. The number of nitrogens with two attached hydrogens (primary N) is 1. The maximum Gasteiger partial charge on any atom is 0.181 e. The number of hydrogen-bond acceptors (Lipinski definition) is 3. The number of H-pyrrole nitrogens is 1. The van der Waals surface area contributed by atoms with Crippen molar-refractivity contribution in [3.05, 3.63) is 35.9 Å². The van der Waals surface area contributed by atoms with Crippen molar-refractivity contribution >= 4 is 0 Å². The molecule has 0 unspecified atom stereocenters. The lowest BCUT2D eigenvalue weighted by molar-refractivity contribution is 0.628. The van der Waals surface area contributed by atoms with Gasteiger partial charge in [0.15, 0.2) is 5.82 Å². The second-order valence-corrected chi connectivity index (χ2v) is 3.34. The van der Waals surface area contributed by atoms with E-state index >= 15 is 0 Å². The molecule has 5 heteroatoms. The zero-order chi connectivity index (χ0) is 10.8. The molecule has 2 rings (SSSR count). The monoisotopic (exact) mass is 206 g/mol. The van der Waals surface area contributed by atoms with Gasteiger partial charge < -0.3 is 5.73 Å². The molecule has 0 fully saturated rings. The normalized spacial score (nSPS) is 12.7. The van der Waals surface area contributed by atoms with Crippen LogP contribution in [0.3, 0.4) is 0 Å². The van der Waals surface area contributed by atoms with Gasteiger partial charge in [-0.25, -0.2) is 9.37 Å². The molecule has 3 N–H and O–H groups in total. The maximum absolute atomic E-state index is 12.9. The first-order valence-electron chi connectivity index (χ1n) is 4.60. The van der Waals surface area contributed by atoms with Crippen LogP contribution in [-0.4, -0.2) is 15.2 Å². The van der Waals surface area contributed by atoms with Gasteiger partial charge in [0.1, 0.15) is 11.6 Å². The Labute approximate surface area is 86.3 Å². The fraction of sp³-hybridized carbons (Fsp3) is 0.200. The van der Waals surface area contributed by atoms with Gasteiger partial charge in [-0.3, -0.25) is 5.10 Å². The minimum absolute atomic E-state index is 0.209. The Kier molecular flexibility index (Phi) is 2.47. The molecular formula is C10H11FN4. The fourth-order valence-corrected chi connectivity index (χ4v) is 1.23. The molecule has 0 saturated carbocycles. The number of nitrogens with zero attached hydrogens (tertiary/aromatic N) is 2. The molecule has 1 aromatic heterocycles. The van der Waals surface area contributed by atoms with Crippen LogP contribution in [0.2, 0.25) is 0 Å². The molecule has 0 spiro atoms. The highest BCUT2D eigenvalue weighted by molar-refractivity contribution is 5.54. The Hall–Kier alpha value is -1.75. The molecule has 1 aromatic carbocycles. The summed E-state index contributed by atoms with van der Waals surface area (Å²) in [6.45, 7) is 1.80. The molecule has 0 aliphatic carbocycles. The lowest BCUT2D eigenvalue weighted by Crippen LogP contribution is -2.06. The smallest absolute Gasteiger partial charge is 0.181 e. The lowest BCUT2D eigenvalue weighted by atomic mass is 10.2. The van der Waals surface area contributed by atoms with E-state index < -0.39 is 0 Å². The average molecular weight is 206 g/mol. The van der Waals surface area contributed by atoms with Crippen molar-refractivity contribution in [2.75, 3.05) is 0 Å². The Morgan fingerprint density at radius 2 is 2.27 bits per heavy atom. The number of halogens is 1. The second kappa shape index (κ2) is 3.78. The molecule has 0 aliphatic rings. The van der Waals surface area contributed by atoms with E-state index in [0.29, 0.717) is 17.2 Å². The summed E-state index contributed by atoms with van der Waals surface area (Å²) in [5.41, 5.74) is 6.26. The number of aromatic amines is 1. The van der Waals surface area contributed by atoms with E-state index in [1.807, 2.05) is 0 Å². The molecular weight excluding hydrogens is 195 g/mol. The van der Waals surface area contributed by atoms with E-state index in [0.717, 1.165) is 0 Å². The van der Waals surface area contributed by atoms with Crippen molar-refractivity contribution in [3.63, 3.8) is 0 Å². The highest BCUT2D eigenvalue weighted by Crippen LogP contribution is 2.16. The molecule has 0 amide bonds. The molecule has 15 heavy (non-hydrogen) atoms. The van der Waals surface area contributed by atoms with Crippen LogP contribution in [0.25, 0.3) is 11.4 Å². The SMILES string of the molecule is C[C@H](N)c1nc(-c2cccc(F)c2)n[nH]1. The Bertz CT molecular complexity index is 464. The standard InChI is InChI=1S/C10H11FN4/c1-6(12)9-13-10(15-14-9)7-3-2-4-8(11)5-7/h2-6H,12H2,1H3,(H,13,14,15)/t6-/m0/s1. The van der Waals surface area contributed by atoms with Gasteiger partial charge in [-0.05, 0) is 19.1 Å². The second-order valence-electron chi connectivity index (χ2n) is 3.34. The topological polar surface area (TPSA) is 67.6 Å². The Balaban J connectivity index is 2.37. The van der Waals surface area contributed by atoms with Crippen LogP contribution >= 0.6 is 0 Å². The van der Waals surface area contributed by atoms with Crippen molar-refractivity contribution in [1.82, 2.24) is 15.2 Å². The van der Waals surface area contributed by atoms with E-state index in [9.17, 15) is 4.39 Å². The van der Waals surface area contributed by atoms with Crippen molar-refractivity contribution < 1.29 is 4.39 Å². The van der Waals surface area contributed by atoms with E-state index in [2.05, 4.69) is 15.2 Å². The zero-order valence-corrected chi connectivity index (χ0v) is 8.24. The fourth-order valence-electron chi connectivity index (χ4n) is 1.23. The number of hydrogen-bond donors (Lipinski definition) is 2. The molecule has 0 saturated heterocycles. The Morgan fingerprint density at radius 3 is 2.87 bits per heavy atom. The third kappa shape index (κ3) is 2.02. The van der Waals surface area contributed by atoms with E-state index in [1.54, 1.807) is 19.1 Å². The van der Waals surface area contributed by atoms with Gasteiger partial charge in [0.05, 0.1) is 6.04 Å². The van der Waals surface area contributed by atoms with Crippen molar-refractivity contribution in [3.8, 4) is 11.4 Å². The van der Waals surface area contributed by atoms with Crippen LogP contribution in [0, 0.1) is 5.82 Å². The molecule has 0 bridgehead atoms. The van der Waals surface area contributed by atoms with Crippen LogP contribution in [0.15, 0.2) is 24.3 Å². The van der Waals surface area contributed by atoms with E-state index in [1.165, 1.54) is 12.1 Å². The number of nitrogens with one attached hydrogen (secondary N) is 1. The number of aromatic nitrogens is 3. The first-order valence-corrected chi connectivity index (χ1v) is 4.60. The summed E-state index contributed by atoms with van der Waals surface area (Å²) < 4.78 is 12.9. The number of benzene rings is 1. The van der Waals surface area contributed by atoms with Gasteiger partial charge in [0.2, 0.25) is 0 Å². The molecule has 0 aliphatic heterocycles.